The number of hydrogen-bond acceptors (Lipinski definition) is 3. The summed E-state index contributed by atoms with van der Waals surface area (Å²) in [7, 11) is 0. The summed E-state index contributed by atoms with van der Waals surface area (Å²) in [6.45, 7) is 6.13. The zero-order valence-corrected chi connectivity index (χ0v) is 12.3. The van der Waals surface area contributed by atoms with Crippen LogP contribution in [0, 0.1) is 17.0 Å². The lowest BCUT2D eigenvalue weighted by atomic mass is 9.90. The minimum absolute atomic E-state index is 0.168. The summed E-state index contributed by atoms with van der Waals surface area (Å²) in [6.07, 6.45) is 4.39. The van der Waals surface area contributed by atoms with Crippen molar-refractivity contribution in [1.82, 2.24) is 10.2 Å². The standard InChI is InChI=1S/C15H21N3O2/c1-4-5-6-7-10(2)14-13(18(19)20)9-8-12-15(14)11(3)16-17-12/h8-10H,4-7H2,1-3H3,(H,16,17). The molecule has 0 fully saturated rings. The minimum atomic E-state index is -0.280. The maximum atomic E-state index is 11.3. The highest BCUT2D eigenvalue weighted by Crippen LogP contribution is 2.37. The van der Waals surface area contributed by atoms with Gasteiger partial charge in [0.05, 0.1) is 16.1 Å². The molecule has 0 saturated carbocycles. The van der Waals surface area contributed by atoms with E-state index >= 15 is 0 Å². The molecule has 108 valence electrons. The normalized spacial score (nSPS) is 12.8. The molecule has 0 aliphatic heterocycles. The quantitative estimate of drug-likeness (QED) is 0.480. The molecule has 2 rings (SSSR count). The van der Waals surface area contributed by atoms with E-state index in [1.54, 1.807) is 12.1 Å². The molecule has 0 saturated heterocycles. The van der Waals surface area contributed by atoms with E-state index in [1.807, 2.05) is 6.92 Å². The van der Waals surface area contributed by atoms with Gasteiger partial charge in [-0.2, -0.15) is 5.10 Å². The largest absolute Gasteiger partial charge is 0.278 e. The van der Waals surface area contributed by atoms with Crippen molar-refractivity contribution in [2.24, 2.45) is 0 Å². The summed E-state index contributed by atoms with van der Waals surface area (Å²) in [5.41, 5.74) is 2.76. The molecular weight excluding hydrogens is 254 g/mol. The SMILES string of the molecule is CCCCCC(C)c1c([N+](=O)[O-])ccc2[nH]nc(C)c12. The molecule has 0 aliphatic rings. The molecule has 0 amide bonds. The topological polar surface area (TPSA) is 71.8 Å². The zero-order valence-electron chi connectivity index (χ0n) is 12.3. The summed E-state index contributed by atoms with van der Waals surface area (Å²) in [5, 5.41) is 19.4. The molecule has 0 bridgehead atoms. The van der Waals surface area contributed by atoms with E-state index in [4.69, 9.17) is 0 Å². The Bertz CT molecular complexity index is 619. The number of aromatic nitrogens is 2. The van der Waals surface area contributed by atoms with Gasteiger partial charge in [-0.1, -0.05) is 33.1 Å². The van der Waals surface area contributed by atoms with Crippen molar-refractivity contribution in [3.8, 4) is 0 Å². The number of nitro benzene ring substituents is 1. The van der Waals surface area contributed by atoms with Crippen LogP contribution < -0.4 is 0 Å². The van der Waals surface area contributed by atoms with Crippen molar-refractivity contribution < 1.29 is 4.92 Å². The second-order valence-corrected chi connectivity index (χ2v) is 5.38. The number of aryl methyl sites for hydroxylation is 1. The first-order valence-electron chi connectivity index (χ1n) is 7.18. The molecule has 2 aromatic rings. The third-order valence-corrected chi connectivity index (χ3v) is 3.86. The highest BCUT2D eigenvalue weighted by molar-refractivity contribution is 5.88. The lowest BCUT2D eigenvalue weighted by molar-refractivity contribution is -0.385. The van der Waals surface area contributed by atoms with E-state index in [0.717, 1.165) is 41.4 Å². The zero-order chi connectivity index (χ0) is 14.7. The van der Waals surface area contributed by atoms with Crippen molar-refractivity contribution in [3.05, 3.63) is 33.5 Å². The number of benzene rings is 1. The second kappa shape index (κ2) is 6.03. The first-order chi connectivity index (χ1) is 9.56. The molecule has 0 radical (unpaired) electrons. The van der Waals surface area contributed by atoms with E-state index in [9.17, 15) is 10.1 Å². The molecule has 0 aliphatic carbocycles. The van der Waals surface area contributed by atoms with Crippen LogP contribution in [-0.4, -0.2) is 15.1 Å². The van der Waals surface area contributed by atoms with Crippen molar-refractivity contribution in [1.29, 1.82) is 0 Å². The molecule has 1 atom stereocenters. The fourth-order valence-corrected chi connectivity index (χ4v) is 2.79. The minimum Gasteiger partial charge on any atom is -0.278 e. The van der Waals surface area contributed by atoms with Gasteiger partial charge in [0, 0.05) is 17.0 Å². The Kier molecular flexibility index (Phi) is 4.37. The number of nitrogens with zero attached hydrogens (tertiary/aromatic N) is 2. The van der Waals surface area contributed by atoms with Crippen LogP contribution in [0.2, 0.25) is 0 Å². The maximum Gasteiger partial charge on any atom is 0.273 e. The molecule has 1 unspecified atom stereocenters. The molecule has 5 heteroatoms. The predicted molar refractivity (Wildman–Crippen MR) is 80.0 cm³/mol. The smallest absolute Gasteiger partial charge is 0.273 e. The Labute approximate surface area is 118 Å². The van der Waals surface area contributed by atoms with Crippen LogP contribution in [0.25, 0.3) is 10.9 Å². The average molecular weight is 275 g/mol. The summed E-state index contributed by atoms with van der Waals surface area (Å²) < 4.78 is 0. The Hall–Kier alpha value is -1.91. The second-order valence-electron chi connectivity index (χ2n) is 5.38. The number of nitrogens with one attached hydrogen (secondary N) is 1. The van der Waals surface area contributed by atoms with Crippen molar-refractivity contribution in [3.63, 3.8) is 0 Å². The predicted octanol–water partition coefficient (Wildman–Crippen LogP) is 4.46. The fourth-order valence-electron chi connectivity index (χ4n) is 2.79. The first kappa shape index (κ1) is 14.5. The Morgan fingerprint density at radius 1 is 1.40 bits per heavy atom. The number of aromatic amines is 1. The Balaban J connectivity index is 2.49. The number of hydrogen-bond donors (Lipinski definition) is 1. The first-order valence-corrected chi connectivity index (χ1v) is 7.18. The van der Waals surface area contributed by atoms with Crippen LogP contribution >= 0.6 is 0 Å². The van der Waals surface area contributed by atoms with E-state index in [-0.39, 0.29) is 16.5 Å². The van der Waals surface area contributed by atoms with Gasteiger partial charge in [0.25, 0.3) is 5.69 Å². The van der Waals surface area contributed by atoms with Crippen LogP contribution in [0.15, 0.2) is 12.1 Å². The summed E-state index contributed by atoms with van der Waals surface area (Å²) >= 11 is 0. The Morgan fingerprint density at radius 2 is 2.15 bits per heavy atom. The molecule has 0 spiro atoms. The number of H-pyrrole nitrogens is 1. The van der Waals surface area contributed by atoms with Crippen molar-refractivity contribution in [2.75, 3.05) is 0 Å². The number of unbranched alkanes of at least 4 members (excludes halogenated alkanes) is 2. The summed E-state index contributed by atoms with van der Waals surface area (Å²) in [5.74, 6) is 0.168. The summed E-state index contributed by atoms with van der Waals surface area (Å²) in [6, 6.07) is 3.33. The van der Waals surface area contributed by atoms with Crippen LogP contribution in [-0.2, 0) is 0 Å². The van der Waals surface area contributed by atoms with Crippen molar-refractivity contribution >= 4 is 16.6 Å². The van der Waals surface area contributed by atoms with Crippen molar-refractivity contribution in [2.45, 2.75) is 52.4 Å². The molecule has 1 N–H and O–H groups in total. The lowest BCUT2D eigenvalue weighted by Gasteiger charge is -2.13. The monoisotopic (exact) mass is 275 g/mol. The molecule has 20 heavy (non-hydrogen) atoms. The number of rotatable bonds is 6. The molecule has 1 aromatic carbocycles. The molecular formula is C15H21N3O2. The Morgan fingerprint density at radius 3 is 2.80 bits per heavy atom. The van der Waals surface area contributed by atoms with Crippen LogP contribution in [0.1, 0.15) is 56.7 Å². The van der Waals surface area contributed by atoms with Gasteiger partial charge in [0.2, 0.25) is 0 Å². The fraction of sp³-hybridized carbons (Fsp3) is 0.533. The third kappa shape index (κ3) is 2.66. The van der Waals surface area contributed by atoms with Gasteiger partial charge in [-0.25, -0.2) is 0 Å². The van der Waals surface area contributed by atoms with Crippen LogP contribution in [0.4, 0.5) is 5.69 Å². The van der Waals surface area contributed by atoms with Crippen LogP contribution in [0.5, 0.6) is 0 Å². The number of fused-ring (bicyclic) bond motifs is 1. The molecule has 1 aromatic heterocycles. The van der Waals surface area contributed by atoms with E-state index in [0.29, 0.717) is 0 Å². The number of nitro groups is 1. The van der Waals surface area contributed by atoms with Crippen LogP contribution in [0.3, 0.4) is 0 Å². The molecule has 5 nitrogen and oxygen atoms in total. The average Bonchev–Trinajstić information content (AvgIpc) is 2.79. The van der Waals surface area contributed by atoms with Gasteiger partial charge in [-0.3, -0.25) is 15.2 Å². The molecule has 1 heterocycles. The summed E-state index contributed by atoms with van der Waals surface area (Å²) in [4.78, 5) is 11.0. The van der Waals surface area contributed by atoms with Gasteiger partial charge < -0.3 is 0 Å². The highest BCUT2D eigenvalue weighted by atomic mass is 16.6. The van der Waals surface area contributed by atoms with Gasteiger partial charge >= 0.3 is 0 Å². The maximum absolute atomic E-state index is 11.3. The highest BCUT2D eigenvalue weighted by Gasteiger charge is 2.23. The van der Waals surface area contributed by atoms with Gasteiger partial charge in [-0.15, -0.1) is 0 Å². The van der Waals surface area contributed by atoms with Gasteiger partial charge in [0.1, 0.15) is 0 Å². The van der Waals surface area contributed by atoms with E-state index < -0.39 is 0 Å². The van der Waals surface area contributed by atoms with E-state index in [2.05, 4.69) is 24.0 Å². The van der Waals surface area contributed by atoms with E-state index in [1.165, 1.54) is 6.42 Å². The third-order valence-electron chi connectivity index (χ3n) is 3.86. The lowest BCUT2D eigenvalue weighted by Crippen LogP contribution is -2.01. The van der Waals surface area contributed by atoms with Gasteiger partial charge in [0.15, 0.2) is 0 Å². The van der Waals surface area contributed by atoms with Gasteiger partial charge in [-0.05, 0) is 25.3 Å².